The molecule has 10 nitrogen and oxygen atoms in total. The van der Waals surface area contributed by atoms with Gasteiger partial charge in [0, 0.05) is 65.5 Å². The van der Waals surface area contributed by atoms with Crippen LogP contribution < -0.4 is 15.8 Å². The second-order valence-electron chi connectivity index (χ2n) is 10.9. The summed E-state index contributed by atoms with van der Waals surface area (Å²) in [5.74, 6) is -0.610. The van der Waals surface area contributed by atoms with E-state index in [0.717, 1.165) is 11.1 Å². The number of methoxy groups -OCH3 is 1. The predicted octanol–water partition coefficient (Wildman–Crippen LogP) is 4.84. The van der Waals surface area contributed by atoms with Crippen molar-refractivity contribution < 1.29 is 23.5 Å². The van der Waals surface area contributed by atoms with E-state index < -0.39 is 18.0 Å². The molecule has 43 heavy (non-hydrogen) atoms. The summed E-state index contributed by atoms with van der Waals surface area (Å²) in [6.07, 6.45) is 8.59. The van der Waals surface area contributed by atoms with Crippen molar-refractivity contribution in [2.75, 3.05) is 33.1 Å². The summed E-state index contributed by atoms with van der Waals surface area (Å²) in [5.41, 5.74) is 9.82. The lowest BCUT2D eigenvalue weighted by Crippen LogP contribution is -2.33. The average Bonchev–Trinajstić information content (AvgIpc) is 3.33. The number of carbonyl (C=O) groups is 2. The van der Waals surface area contributed by atoms with Gasteiger partial charge in [-0.25, -0.2) is 9.97 Å². The Morgan fingerprint density at radius 2 is 1.91 bits per heavy atom. The maximum absolute atomic E-state index is 14.1. The van der Waals surface area contributed by atoms with Crippen LogP contribution in [0.5, 0.6) is 5.75 Å². The molecule has 3 heterocycles. The van der Waals surface area contributed by atoms with Crippen LogP contribution in [0.15, 0.2) is 67.1 Å². The number of likely N-dealkylation sites (N-methyl/N-ethyl adjacent to an activating group) is 1. The molecule has 0 unspecified atom stereocenters. The topological polar surface area (TPSA) is 125 Å². The van der Waals surface area contributed by atoms with Gasteiger partial charge in [-0.15, -0.1) is 0 Å². The minimum atomic E-state index is -0.735. The van der Waals surface area contributed by atoms with Gasteiger partial charge in [0.25, 0.3) is 0 Å². The number of benzene rings is 1. The van der Waals surface area contributed by atoms with Gasteiger partial charge in [-0.1, -0.05) is 19.9 Å². The number of hydrogen-bond donors (Lipinski definition) is 2. The van der Waals surface area contributed by atoms with E-state index in [1.165, 1.54) is 18.3 Å². The molecule has 4 aromatic rings. The monoisotopic (exact) mass is 588 g/mol. The molecule has 3 aromatic heterocycles. The first-order chi connectivity index (χ1) is 20.5. The van der Waals surface area contributed by atoms with Gasteiger partial charge in [-0.05, 0) is 61.8 Å². The van der Waals surface area contributed by atoms with Crippen molar-refractivity contribution in [3.05, 3.63) is 73.1 Å². The van der Waals surface area contributed by atoms with E-state index in [0.29, 0.717) is 46.6 Å². The summed E-state index contributed by atoms with van der Waals surface area (Å²) in [6, 6.07) is 9.59. The Morgan fingerprint density at radius 3 is 2.60 bits per heavy atom. The largest absolute Gasteiger partial charge is 0.497 e. The molecule has 0 aliphatic carbocycles. The zero-order chi connectivity index (χ0) is 31.1. The van der Waals surface area contributed by atoms with Crippen LogP contribution in [0.25, 0.3) is 33.3 Å². The summed E-state index contributed by atoms with van der Waals surface area (Å²) in [7, 11) is 5.39. The normalized spacial score (nSPS) is 12.3. The zero-order valence-corrected chi connectivity index (χ0v) is 25.0. The van der Waals surface area contributed by atoms with Crippen molar-refractivity contribution in [2.45, 2.75) is 33.0 Å². The molecule has 1 atom stereocenters. The van der Waals surface area contributed by atoms with Gasteiger partial charge in [-0.3, -0.25) is 14.2 Å². The number of amides is 1. The van der Waals surface area contributed by atoms with Crippen LogP contribution in [-0.4, -0.2) is 65.1 Å². The number of nitrogens with one attached hydrogen (secondary N) is 1. The number of rotatable bonds is 12. The third kappa shape index (κ3) is 8.24. The lowest BCUT2D eigenvalue weighted by Gasteiger charge is -2.14. The molecule has 11 heteroatoms. The number of nitrogens with zero attached hydrogens (tertiary/aromatic N) is 4. The standard InChI is InChI=1S/C32H37FN6O4/c1-20(2)11-28(34)32(41)43-19-39-18-27(21-8-9-35-29(33)15-21)26-14-23(17-36-31(26)39)22-12-24(16-25(13-22)42-5)37-30(40)7-6-10-38(3)4/h6-9,12-18,20,28H,10-11,19,34H2,1-5H3,(H,37,40)/b7-6+/t28-/m0/s1. The summed E-state index contributed by atoms with van der Waals surface area (Å²) in [5, 5.41) is 3.58. The minimum absolute atomic E-state index is 0.113. The zero-order valence-electron chi connectivity index (χ0n) is 25.0. The first-order valence-electron chi connectivity index (χ1n) is 13.9. The minimum Gasteiger partial charge on any atom is -0.497 e. The lowest BCUT2D eigenvalue weighted by molar-refractivity contribution is -0.149. The SMILES string of the molecule is COc1cc(NC(=O)/C=C/CN(C)C)cc(-c2cnc3c(c2)c(-c2ccnc(F)c2)cn3COC(=O)[C@@H](N)CC(C)C)c1. The molecule has 0 saturated carbocycles. The van der Waals surface area contributed by atoms with Gasteiger partial charge in [0.1, 0.15) is 17.4 Å². The van der Waals surface area contributed by atoms with Gasteiger partial charge in [0.2, 0.25) is 11.9 Å². The summed E-state index contributed by atoms with van der Waals surface area (Å²) < 4.78 is 26.8. The molecule has 1 aromatic carbocycles. The molecule has 0 radical (unpaired) electrons. The van der Waals surface area contributed by atoms with Crippen molar-refractivity contribution in [1.82, 2.24) is 19.4 Å². The van der Waals surface area contributed by atoms with Crippen LogP contribution in [0.4, 0.5) is 10.1 Å². The molecule has 0 spiro atoms. The van der Waals surface area contributed by atoms with Crippen molar-refractivity contribution in [2.24, 2.45) is 11.7 Å². The number of nitrogens with two attached hydrogens (primary N) is 1. The van der Waals surface area contributed by atoms with E-state index in [2.05, 4.69) is 15.3 Å². The Kier molecular flexibility index (Phi) is 10.2. The molecule has 3 N–H and O–H groups in total. The van der Waals surface area contributed by atoms with Crippen LogP contribution >= 0.6 is 0 Å². The highest BCUT2D eigenvalue weighted by Gasteiger charge is 2.19. The smallest absolute Gasteiger partial charge is 0.324 e. The van der Waals surface area contributed by atoms with E-state index >= 15 is 0 Å². The first-order valence-corrected chi connectivity index (χ1v) is 13.9. The molecular formula is C32H37FN6O4. The Balaban J connectivity index is 1.71. The Labute approximate surface area is 250 Å². The maximum Gasteiger partial charge on any atom is 0.324 e. The maximum atomic E-state index is 14.1. The fourth-order valence-corrected chi connectivity index (χ4v) is 4.58. The molecule has 0 bridgehead atoms. The van der Waals surface area contributed by atoms with Crippen molar-refractivity contribution in [3.63, 3.8) is 0 Å². The number of anilines is 1. The number of esters is 1. The molecule has 226 valence electrons. The van der Waals surface area contributed by atoms with Gasteiger partial charge in [-0.2, -0.15) is 4.39 Å². The van der Waals surface area contributed by atoms with Gasteiger partial charge >= 0.3 is 5.97 Å². The van der Waals surface area contributed by atoms with E-state index in [9.17, 15) is 14.0 Å². The van der Waals surface area contributed by atoms with E-state index in [1.54, 1.807) is 42.3 Å². The van der Waals surface area contributed by atoms with Gasteiger partial charge in [0.05, 0.1) is 7.11 Å². The highest BCUT2D eigenvalue weighted by atomic mass is 19.1. The van der Waals surface area contributed by atoms with Gasteiger partial charge in [0.15, 0.2) is 6.73 Å². The summed E-state index contributed by atoms with van der Waals surface area (Å²) in [6.45, 7) is 4.49. The quantitative estimate of drug-likeness (QED) is 0.137. The van der Waals surface area contributed by atoms with E-state index in [4.69, 9.17) is 15.2 Å². The number of fused-ring (bicyclic) bond motifs is 1. The number of pyridine rings is 2. The number of carbonyl (C=O) groups excluding carboxylic acids is 2. The van der Waals surface area contributed by atoms with Gasteiger partial charge < -0.3 is 25.4 Å². The number of halogens is 1. The van der Waals surface area contributed by atoms with Crippen LogP contribution in [0.1, 0.15) is 20.3 Å². The fourth-order valence-electron chi connectivity index (χ4n) is 4.58. The Morgan fingerprint density at radius 1 is 1.12 bits per heavy atom. The third-order valence-electron chi connectivity index (χ3n) is 6.61. The molecule has 1 amide bonds. The molecule has 0 fully saturated rings. The third-order valence-corrected chi connectivity index (χ3v) is 6.61. The number of aromatic nitrogens is 3. The van der Waals surface area contributed by atoms with Crippen LogP contribution in [0.3, 0.4) is 0 Å². The predicted molar refractivity (Wildman–Crippen MR) is 165 cm³/mol. The Hall–Kier alpha value is -4.61. The highest BCUT2D eigenvalue weighted by Crippen LogP contribution is 2.35. The molecular weight excluding hydrogens is 551 g/mol. The summed E-state index contributed by atoms with van der Waals surface area (Å²) in [4.78, 5) is 35.3. The first kappa shape index (κ1) is 31.3. The van der Waals surface area contributed by atoms with Crippen molar-refractivity contribution in [1.29, 1.82) is 0 Å². The van der Waals surface area contributed by atoms with Crippen molar-refractivity contribution in [3.8, 4) is 28.0 Å². The average molecular weight is 589 g/mol. The van der Waals surface area contributed by atoms with Crippen LogP contribution in [-0.2, 0) is 21.1 Å². The number of ether oxygens (including phenoxy) is 2. The molecule has 0 saturated heterocycles. The highest BCUT2D eigenvalue weighted by molar-refractivity contribution is 6.00. The summed E-state index contributed by atoms with van der Waals surface area (Å²) >= 11 is 0. The second kappa shape index (κ2) is 14.0. The van der Waals surface area contributed by atoms with Crippen molar-refractivity contribution >= 4 is 28.6 Å². The molecule has 4 rings (SSSR count). The Bertz CT molecular complexity index is 1630. The lowest BCUT2D eigenvalue weighted by atomic mass is 10.0. The van der Waals surface area contributed by atoms with E-state index in [1.807, 2.05) is 51.0 Å². The molecule has 0 aliphatic heterocycles. The van der Waals surface area contributed by atoms with Crippen LogP contribution in [0, 0.1) is 11.9 Å². The second-order valence-corrected chi connectivity index (χ2v) is 10.9. The van der Waals surface area contributed by atoms with Crippen LogP contribution in [0.2, 0.25) is 0 Å². The molecule has 0 aliphatic rings. The van der Waals surface area contributed by atoms with E-state index in [-0.39, 0.29) is 18.6 Å². The number of hydrogen-bond acceptors (Lipinski definition) is 8. The fraction of sp³-hybridized carbons (Fsp3) is 0.312.